The van der Waals surface area contributed by atoms with E-state index in [-0.39, 0.29) is 6.04 Å². The molecule has 0 saturated carbocycles. The second-order valence-corrected chi connectivity index (χ2v) is 4.04. The number of hydrogen-bond donors (Lipinski definition) is 1. The third-order valence-corrected chi connectivity index (χ3v) is 2.44. The van der Waals surface area contributed by atoms with Gasteiger partial charge in [0.05, 0.1) is 6.04 Å². The standard InChI is InChI=1S/C10H10BrNO/c1-6(12)10-5-7-4-8(11)2-3-9(7)13-10/h2-6H,12H2,1H3. The molecule has 2 aromatic rings. The summed E-state index contributed by atoms with van der Waals surface area (Å²) in [5, 5.41) is 1.08. The molecule has 0 aliphatic rings. The molecule has 0 bridgehead atoms. The van der Waals surface area contributed by atoms with Gasteiger partial charge in [0.2, 0.25) is 0 Å². The highest BCUT2D eigenvalue weighted by Gasteiger charge is 2.06. The maximum atomic E-state index is 5.71. The van der Waals surface area contributed by atoms with Crippen molar-refractivity contribution in [2.24, 2.45) is 5.73 Å². The SMILES string of the molecule is CC(N)c1cc2cc(Br)ccc2o1. The first-order valence-corrected chi connectivity index (χ1v) is 4.90. The van der Waals surface area contributed by atoms with Crippen LogP contribution in [-0.2, 0) is 0 Å². The number of rotatable bonds is 1. The van der Waals surface area contributed by atoms with Gasteiger partial charge in [0, 0.05) is 9.86 Å². The van der Waals surface area contributed by atoms with E-state index in [9.17, 15) is 0 Å². The molecule has 68 valence electrons. The summed E-state index contributed by atoms with van der Waals surface area (Å²) in [5.74, 6) is 0.827. The molecule has 1 atom stereocenters. The van der Waals surface area contributed by atoms with Crippen LogP contribution in [0.25, 0.3) is 11.0 Å². The highest BCUT2D eigenvalue weighted by molar-refractivity contribution is 9.10. The molecule has 0 fully saturated rings. The van der Waals surface area contributed by atoms with Gasteiger partial charge in [0.25, 0.3) is 0 Å². The fraction of sp³-hybridized carbons (Fsp3) is 0.200. The number of benzene rings is 1. The fourth-order valence-electron chi connectivity index (χ4n) is 1.26. The van der Waals surface area contributed by atoms with Crippen LogP contribution in [-0.4, -0.2) is 0 Å². The summed E-state index contributed by atoms with van der Waals surface area (Å²) in [6.07, 6.45) is 0. The molecule has 2 N–H and O–H groups in total. The summed E-state index contributed by atoms with van der Waals surface area (Å²) < 4.78 is 6.59. The van der Waals surface area contributed by atoms with Gasteiger partial charge in [-0.3, -0.25) is 0 Å². The smallest absolute Gasteiger partial charge is 0.134 e. The van der Waals surface area contributed by atoms with Crippen LogP contribution in [0.1, 0.15) is 18.7 Å². The second-order valence-electron chi connectivity index (χ2n) is 3.12. The van der Waals surface area contributed by atoms with Crippen LogP contribution >= 0.6 is 15.9 Å². The van der Waals surface area contributed by atoms with E-state index in [1.807, 2.05) is 31.2 Å². The normalized spacial score (nSPS) is 13.5. The highest BCUT2D eigenvalue weighted by Crippen LogP contribution is 2.25. The topological polar surface area (TPSA) is 39.2 Å². The lowest BCUT2D eigenvalue weighted by Gasteiger charge is -1.96. The Morgan fingerprint density at radius 3 is 2.85 bits per heavy atom. The summed E-state index contributed by atoms with van der Waals surface area (Å²) >= 11 is 3.41. The van der Waals surface area contributed by atoms with Crippen molar-refractivity contribution < 1.29 is 4.42 Å². The molecule has 13 heavy (non-hydrogen) atoms. The Balaban J connectivity index is 2.62. The minimum Gasteiger partial charge on any atom is -0.459 e. The van der Waals surface area contributed by atoms with Gasteiger partial charge in [0.15, 0.2) is 0 Å². The van der Waals surface area contributed by atoms with Crippen molar-refractivity contribution in [1.82, 2.24) is 0 Å². The average Bonchev–Trinajstić information content (AvgIpc) is 2.46. The van der Waals surface area contributed by atoms with Gasteiger partial charge in [-0.15, -0.1) is 0 Å². The first-order valence-electron chi connectivity index (χ1n) is 4.11. The maximum Gasteiger partial charge on any atom is 0.134 e. The van der Waals surface area contributed by atoms with Gasteiger partial charge < -0.3 is 10.2 Å². The van der Waals surface area contributed by atoms with Crippen molar-refractivity contribution in [1.29, 1.82) is 0 Å². The van der Waals surface area contributed by atoms with Crippen LogP contribution in [0.3, 0.4) is 0 Å². The van der Waals surface area contributed by atoms with Crippen molar-refractivity contribution in [2.75, 3.05) is 0 Å². The molecule has 1 aromatic carbocycles. The van der Waals surface area contributed by atoms with Crippen molar-refractivity contribution in [3.63, 3.8) is 0 Å². The van der Waals surface area contributed by atoms with Gasteiger partial charge in [-0.05, 0) is 31.2 Å². The Bertz CT molecular complexity index is 433. The van der Waals surface area contributed by atoms with Gasteiger partial charge in [-0.1, -0.05) is 15.9 Å². The number of hydrogen-bond acceptors (Lipinski definition) is 2. The summed E-state index contributed by atoms with van der Waals surface area (Å²) in [6, 6.07) is 7.84. The number of nitrogens with two attached hydrogens (primary N) is 1. The molecular formula is C10H10BrNO. The van der Waals surface area contributed by atoms with E-state index in [0.29, 0.717) is 0 Å². The van der Waals surface area contributed by atoms with Crippen molar-refractivity contribution in [3.8, 4) is 0 Å². The highest BCUT2D eigenvalue weighted by atomic mass is 79.9. The maximum absolute atomic E-state index is 5.71. The Morgan fingerprint density at radius 1 is 1.38 bits per heavy atom. The molecule has 1 aromatic heterocycles. The minimum atomic E-state index is -0.0498. The van der Waals surface area contributed by atoms with E-state index < -0.39 is 0 Å². The van der Waals surface area contributed by atoms with Gasteiger partial charge in [-0.25, -0.2) is 0 Å². The van der Waals surface area contributed by atoms with Crippen molar-refractivity contribution >= 4 is 26.9 Å². The Labute approximate surface area is 84.8 Å². The van der Waals surface area contributed by atoms with Crippen LogP contribution in [0.15, 0.2) is 33.2 Å². The van der Waals surface area contributed by atoms with Crippen LogP contribution in [0.5, 0.6) is 0 Å². The Kier molecular flexibility index (Phi) is 2.14. The molecule has 2 rings (SSSR count). The largest absolute Gasteiger partial charge is 0.459 e. The predicted molar refractivity (Wildman–Crippen MR) is 56.5 cm³/mol. The van der Waals surface area contributed by atoms with Crippen LogP contribution in [0.2, 0.25) is 0 Å². The van der Waals surface area contributed by atoms with Gasteiger partial charge in [-0.2, -0.15) is 0 Å². The van der Waals surface area contributed by atoms with Crippen molar-refractivity contribution in [2.45, 2.75) is 13.0 Å². The van der Waals surface area contributed by atoms with E-state index in [1.54, 1.807) is 0 Å². The first kappa shape index (κ1) is 8.78. The molecule has 0 radical (unpaired) electrons. The molecule has 3 heteroatoms. The van der Waals surface area contributed by atoms with E-state index in [0.717, 1.165) is 21.2 Å². The molecular weight excluding hydrogens is 230 g/mol. The zero-order chi connectivity index (χ0) is 9.42. The molecule has 2 nitrogen and oxygen atoms in total. The Morgan fingerprint density at radius 2 is 2.15 bits per heavy atom. The monoisotopic (exact) mass is 239 g/mol. The van der Waals surface area contributed by atoms with Crippen LogP contribution < -0.4 is 5.73 Å². The number of halogens is 1. The lowest BCUT2D eigenvalue weighted by atomic mass is 10.2. The molecule has 1 unspecified atom stereocenters. The van der Waals surface area contributed by atoms with Gasteiger partial charge in [0.1, 0.15) is 11.3 Å². The van der Waals surface area contributed by atoms with E-state index in [2.05, 4.69) is 15.9 Å². The predicted octanol–water partition coefficient (Wildman–Crippen LogP) is 3.22. The van der Waals surface area contributed by atoms with Gasteiger partial charge >= 0.3 is 0 Å². The molecule has 0 spiro atoms. The third kappa shape index (κ3) is 1.62. The number of furan rings is 1. The zero-order valence-corrected chi connectivity index (χ0v) is 8.84. The quantitative estimate of drug-likeness (QED) is 0.831. The van der Waals surface area contributed by atoms with E-state index in [1.165, 1.54) is 0 Å². The minimum absolute atomic E-state index is 0.0498. The molecule has 0 saturated heterocycles. The van der Waals surface area contributed by atoms with E-state index in [4.69, 9.17) is 10.2 Å². The summed E-state index contributed by atoms with van der Waals surface area (Å²) in [4.78, 5) is 0. The Hall–Kier alpha value is -0.800. The zero-order valence-electron chi connectivity index (χ0n) is 7.25. The van der Waals surface area contributed by atoms with Crippen LogP contribution in [0.4, 0.5) is 0 Å². The molecule has 0 amide bonds. The average molecular weight is 240 g/mol. The van der Waals surface area contributed by atoms with E-state index >= 15 is 0 Å². The molecule has 1 heterocycles. The third-order valence-electron chi connectivity index (χ3n) is 1.95. The summed E-state index contributed by atoms with van der Waals surface area (Å²) in [6.45, 7) is 1.91. The summed E-state index contributed by atoms with van der Waals surface area (Å²) in [7, 11) is 0. The second kappa shape index (κ2) is 3.16. The number of fused-ring (bicyclic) bond motifs is 1. The van der Waals surface area contributed by atoms with Crippen molar-refractivity contribution in [3.05, 3.63) is 34.5 Å². The molecule has 0 aliphatic carbocycles. The lowest BCUT2D eigenvalue weighted by molar-refractivity contribution is 0.513. The first-order chi connectivity index (χ1) is 6.16. The summed E-state index contributed by atoms with van der Waals surface area (Å²) in [5.41, 5.74) is 6.59. The van der Waals surface area contributed by atoms with Crippen LogP contribution in [0, 0.1) is 0 Å². The lowest BCUT2D eigenvalue weighted by Crippen LogP contribution is -2.02. The molecule has 0 aliphatic heterocycles. The fourth-order valence-corrected chi connectivity index (χ4v) is 1.64.